The molecule has 0 aromatic heterocycles. The standard InChI is InChI=1S/C8H15NO/c1-3-8-5-4-7(2)9(10)6-8/h6-7,10H,3-5H2,1-2H3/t7-/m1/s1. The Kier molecular flexibility index (Phi) is 2.33. The van der Waals surface area contributed by atoms with Crippen molar-refractivity contribution in [2.24, 2.45) is 0 Å². The monoisotopic (exact) mass is 141 g/mol. The third-order valence-electron chi connectivity index (χ3n) is 2.10. The van der Waals surface area contributed by atoms with Gasteiger partial charge in [0.1, 0.15) is 0 Å². The molecule has 0 amide bonds. The summed E-state index contributed by atoms with van der Waals surface area (Å²) in [6.07, 6.45) is 5.14. The topological polar surface area (TPSA) is 23.5 Å². The number of nitrogens with zero attached hydrogens (tertiary/aromatic N) is 1. The van der Waals surface area contributed by atoms with Crippen molar-refractivity contribution < 1.29 is 5.21 Å². The predicted octanol–water partition coefficient (Wildman–Crippen LogP) is 2.15. The molecule has 1 heterocycles. The quantitative estimate of drug-likeness (QED) is 0.604. The average Bonchev–Trinajstić information content (AvgIpc) is 1.95. The molecule has 0 saturated carbocycles. The minimum absolute atomic E-state index is 0.301. The van der Waals surface area contributed by atoms with E-state index in [1.54, 1.807) is 0 Å². The lowest BCUT2D eigenvalue weighted by Crippen LogP contribution is -2.28. The Labute approximate surface area is 62.1 Å². The van der Waals surface area contributed by atoms with E-state index in [-0.39, 0.29) is 0 Å². The van der Waals surface area contributed by atoms with Gasteiger partial charge in [-0.3, -0.25) is 10.3 Å². The summed E-state index contributed by atoms with van der Waals surface area (Å²) in [4.78, 5) is 0. The summed E-state index contributed by atoms with van der Waals surface area (Å²) < 4.78 is 0. The Hall–Kier alpha value is -0.500. The molecule has 1 atom stereocenters. The van der Waals surface area contributed by atoms with E-state index in [2.05, 4.69) is 6.92 Å². The van der Waals surface area contributed by atoms with Crippen molar-refractivity contribution in [3.8, 4) is 0 Å². The van der Waals surface area contributed by atoms with Gasteiger partial charge in [0.15, 0.2) is 0 Å². The number of allylic oxidation sites excluding steroid dienone is 1. The van der Waals surface area contributed by atoms with Crippen LogP contribution in [-0.4, -0.2) is 16.3 Å². The highest BCUT2D eigenvalue weighted by atomic mass is 16.5. The number of hydrogen-bond donors (Lipinski definition) is 1. The summed E-state index contributed by atoms with van der Waals surface area (Å²) in [5, 5.41) is 10.6. The van der Waals surface area contributed by atoms with Gasteiger partial charge in [0.2, 0.25) is 0 Å². The van der Waals surface area contributed by atoms with Gasteiger partial charge < -0.3 is 0 Å². The summed E-state index contributed by atoms with van der Waals surface area (Å²) in [7, 11) is 0. The zero-order valence-corrected chi connectivity index (χ0v) is 6.67. The van der Waals surface area contributed by atoms with Crippen molar-refractivity contribution in [1.82, 2.24) is 5.06 Å². The van der Waals surface area contributed by atoms with Crippen molar-refractivity contribution in [3.05, 3.63) is 11.8 Å². The zero-order valence-electron chi connectivity index (χ0n) is 6.67. The molecule has 1 aliphatic heterocycles. The molecule has 1 aliphatic rings. The first-order chi connectivity index (χ1) is 4.74. The van der Waals surface area contributed by atoms with Crippen molar-refractivity contribution >= 4 is 0 Å². The van der Waals surface area contributed by atoms with Gasteiger partial charge in [-0.05, 0) is 26.2 Å². The molecule has 0 spiro atoms. The van der Waals surface area contributed by atoms with Crippen LogP contribution in [0.15, 0.2) is 11.8 Å². The van der Waals surface area contributed by atoms with Crippen LogP contribution in [0.5, 0.6) is 0 Å². The molecule has 0 aromatic carbocycles. The Balaban J connectivity index is 2.56. The van der Waals surface area contributed by atoms with Crippen LogP contribution < -0.4 is 0 Å². The Bertz CT molecular complexity index is 142. The molecule has 0 bridgehead atoms. The van der Waals surface area contributed by atoms with Crippen LogP contribution in [0.1, 0.15) is 33.1 Å². The van der Waals surface area contributed by atoms with Gasteiger partial charge in [0, 0.05) is 6.20 Å². The predicted molar refractivity (Wildman–Crippen MR) is 40.7 cm³/mol. The molecule has 1 N–H and O–H groups in total. The molecule has 0 saturated heterocycles. The zero-order chi connectivity index (χ0) is 7.56. The van der Waals surface area contributed by atoms with E-state index in [1.165, 1.54) is 10.6 Å². The highest BCUT2D eigenvalue weighted by Gasteiger charge is 2.13. The fourth-order valence-electron chi connectivity index (χ4n) is 1.17. The largest absolute Gasteiger partial charge is 0.289 e. The minimum atomic E-state index is 0.301. The maximum absolute atomic E-state index is 9.24. The SMILES string of the molecule is CCC1=CN(O)[C@H](C)CC1. The van der Waals surface area contributed by atoms with E-state index < -0.39 is 0 Å². The van der Waals surface area contributed by atoms with Crippen LogP contribution in [-0.2, 0) is 0 Å². The summed E-state index contributed by atoms with van der Waals surface area (Å²) in [6.45, 7) is 4.15. The molecule has 2 nitrogen and oxygen atoms in total. The van der Waals surface area contributed by atoms with Crippen molar-refractivity contribution in [1.29, 1.82) is 0 Å². The minimum Gasteiger partial charge on any atom is -0.289 e. The van der Waals surface area contributed by atoms with Gasteiger partial charge >= 0.3 is 0 Å². The van der Waals surface area contributed by atoms with Crippen LogP contribution in [0, 0.1) is 0 Å². The van der Waals surface area contributed by atoms with Gasteiger partial charge in [0.05, 0.1) is 6.04 Å². The molecule has 1 rings (SSSR count). The lowest BCUT2D eigenvalue weighted by molar-refractivity contribution is -0.0815. The van der Waals surface area contributed by atoms with Gasteiger partial charge in [-0.15, -0.1) is 0 Å². The highest BCUT2D eigenvalue weighted by molar-refractivity contribution is 5.03. The van der Waals surface area contributed by atoms with E-state index in [0.717, 1.165) is 19.3 Å². The maximum atomic E-state index is 9.24. The fraction of sp³-hybridized carbons (Fsp3) is 0.750. The van der Waals surface area contributed by atoms with Crippen molar-refractivity contribution in [2.75, 3.05) is 0 Å². The first-order valence-electron chi connectivity index (χ1n) is 3.90. The molecular formula is C8H15NO. The lowest BCUT2D eigenvalue weighted by Gasteiger charge is -2.26. The number of hydrogen-bond acceptors (Lipinski definition) is 2. The van der Waals surface area contributed by atoms with E-state index >= 15 is 0 Å². The smallest absolute Gasteiger partial charge is 0.0531 e. The number of hydroxylamine groups is 2. The van der Waals surface area contributed by atoms with Crippen LogP contribution in [0.2, 0.25) is 0 Å². The second-order valence-corrected chi connectivity index (χ2v) is 2.91. The molecule has 0 radical (unpaired) electrons. The molecule has 0 fully saturated rings. The molecular weight excluding hydrogens is 126 g/mol. The van der Waals surface area contributed by atoms with Gasteiger partial charge in [-0.1, -0.05) is 12.5 Å². The second-order valence-electron chi connectivity index (χ2n) is 2.91. The fourth-order valence-corrected chi connectivity index (χ4v) is 1.17. The van der Waals surface area contributed by atoms with Crippen molar-refractivity contribution in [3.63, 3.8) is 0 Å². The normalized spacial score (nSPS) is 26.5. The Morgan fingerprint density at radius 3 is 3.00 bits per heavy atom. The van der Waals surface area contributed by atoms with Crippen LogP contribution >= 0.6 is 0 Å². The Morgan fingerprint density at radius 2 is 2.50 bits per heavy atom. The third kappa shape index (κ3) is 1.51. The lowest BCUT2D eigenvalue weighted by atomic mass is 10.0. The highest BCUT2D eigenvalue weighted by Crippen LogP contribution is 2.20. The van der Waals surface area contributed by atoms with E-state index in [1.807, 2.05) is 13.1 Å². The molecule has 0 aliphatic carbocycles. The molecule has 0 unspecified atom stereocenters. The summed E-state index contributed by atoms with van der Waals surface area (Å²) in [6, 6.07) is 0.301. The molecule has 10 heavy (non-hydrogen) atoms. The van der Waals surface area contributed by atoms with Gasteiger partial charge in [-0.25, -0.2) is 0 Å². The van der Waals surface area contributed by atoms with E-state index in [0.29, 0.717) is 6.04 Å². The Morgan fingerprint density at radius 1 is 1.80 bits per heavy atom. The third-order valence-corrected chi connectivity index (χ3v) is 2.10. The first kappa shape index (κ1) is 7.61. The van der Waals surface area contributed by atoms with Crippen LogP contribution in [0.3, 0.4) is 0 Å². The van der Waals surface area contributed by atoms with E-state index in [9.17, 15) is 5.21 Å². The number of rotatable bonds is 1. The van der Waals surface area contributed by atoms with E-state index in [4.69, 9.17) is 0 Å². The summed E-state index contributed by atoms with van der Waals surface area (Å²) in [5.74, 6) is 0. The maximum Gasteiger partial charge on any atom is 0.0531 e. The van der Waals surface area contributed by atoms with Crippen LogP contribution in [0.4, 0.5) is 0 Å². The second kappa shape index (κ2) is 3.06. The van der Waals surface area contributed by atoms with Crippen LogP contribution in [0.25, 0.3) is 0 Å². The molecule has 0 aromatic rings. The first-order valence-corrected chi connectivity index (χ1v) is 3.90. The average molecular weight is 141 g/mol. The summed E-state index contributed by atoms with van der Waals surface area (Å²) in [5.41, 5.74) is 1.35. The van der Waals surface area contributed by atoms with Gasteiger partial charge in [-0.2, -0.15) is 0 Å². The van der Waals surface area contributed by atoms with Gasteiger partial charge in [0.25, 0.3) is 0 Å². The molecule has 2 heteroatoms. The summed E-state index contributed by atoms with van der Waals surface area (Å²) >= 11 is 0. The van der Waals surface area contributed by atoms with Crippen molar-refractivity contribution in [2.45, 2.75) is 39.2 Å². The molecule has 58 valence electrons.